The molecule has 2 aliphatic rings. The zero-order valence-corrected chi connectivity index (χ0v) is 18.3. The summed E-state index contributed by atoms with van der Waals surface area (Å²) in [7, 11) is 1.64. The van der Waals surface area contributed by atoms with Crippen molar-refractivity contribution < 1.29 is 9.53 Å². The van der Waals surface area contributed by atoms with Crippen LogP contribution in [0.1, 0.15) is 43.0 Å². The summed E-state index contributed by atoms with van der Waals surface area (Å²) in [5.41, 5.74) is 3.73. The maximum absolute atomic E-state index is 13.2. The van der Waals surface area contributed by atoms with E-state index in [1.54, 1.807) is 7.11 Å². The van der Waals surface area contributed by atoms with E-state index in [0.717, 1.165) is 66.7 Å². The molecule has 0 saturated carbocycles. The van der Waals surface area contributed by atoms with Crippen molar-refractivity contribution in [3.63, 3.8) is 0 Å². The van der Waals surface area contributed by atoms with Gasteiger partial charge in [0.2, 0.25) is 11.9 Å². The summed E-state index contributed by atoms with van der Waals surface area (Å²) in [6.07, 6.45) is 8.24. The molecular formula is C24H28N6O2. The number of nitrogens with one attached hydrogen (secondary N) is 1. The standard InChI is InChI=1S/C24H28N6O2/c1-32-18-8-6-17(7-9-18)15-22(31)30-14-4-5-21(30)23-19(16-26-28-23)20-10-11-25-24(27-20)29-12-2-3-13-29/h6-11,16,21H,2-5,12-15H2,1H3,(H,26,28)/t21-/m1/s1. The van der Waals surface area contributed by atoms with Crippen LogP contribution < -0.4 is 9.64 Å². The van der Waals surface area contributed by atoms with E-state index in [4.69, 9.17) is 9.72 Å². The van der Waals surface area contributed by atoms with Gasteiger partial charge in [-0.15, -0.1) is 0 Å². The molecular weight excluding hydrogens is 404 g/mol. The van der Waals surface area contributed by atoms with Gasteiger partial charge >= 0.3 is 0 Å². The molecule has 0 aliphatic carbocycles. The summed E-state index contributed by atoms with van der Waals surface area (Å²) < 4.78 is 5.22. The summed E-state index contributed by atoms with van der Waals surface area (Å²) in [4.78, 5) is 26.7. The van der Waals surface area contributed by atoms with Crippen LogP contribution in [0.2, 0.25) is 0 Å². The van der Waals surface area contributed by atoms with E-state index in [0.29, 0.717) is 6.42 Å². The van der Waals surface area contributed by atoms with Crippen LogP contribution in [0.25, 0.3) is 11.3 Å². The molecule has 5 rings (SSSR count). The Hall–Kier alpha value is -3.42. The van der Waals surface area contributed by atoms with E-state index in [9.17, 15) is 4.79 Å². The van der Waals surface area contributed by atoms with E-state index in [1.165, 1.54) is 12.8 Å². The van der Waals surface area contributed by atoms with Gasteiger partial charge in [0.1, 0.15) is 5.75 Å². The SMILES string of the molecule is COc1ccc(CC(=O)N2CCC[C@@H]2c2[nH]ncc2-c2ccnc(N3CCCC3)n2)cc1. The number of hydrogen-bond acceptors (Lipinski definition) is 6. The first kappa shape index (κ1) is 20.5. The van der Waals surface area contributed by atoms with Crippen molar-refractivity contribution in [3.05, 3.63) is 54.0 Å². The van der Waals surface area contributed by atoms with Crippen LogP contribution in [0, 0.1) is 0 Å². The van der Waals surface area contributed by atoms with E-state index in [2.05, 4.69) is 20.1 Å². The molecule has 2 saturated heterocycles. The summed E-state index contributed by atoms with van der Waals surface area (Å²) in [5.74, 6) is 1.69. The molecule has 4 heterocycles. The lowest BCUT2D eigenvalue weighted by Gasteiger charge is -2.25. The number of carbonyl (C=O) groups excluding carboxylic acids is 1. The Kier molecular flexibility index (Phi) is 5.75. The molecule has 0 bridgehead atoms. The molecule has 1 amide bonds. The van der Waals surface area contributed by atoms with Gasteiger partial charge in [-0.05, 0) is 49.4 Å². The second kappa shape index (κ2) is 8.98. The summed E-state index contributed by atoms with van der Waals surface area (Å²) in [6, 6.07) is 9.58. The number of likely N-dealkylation sites (tertiary alicyclic amines) is 1. The molecule has 1 atom stereocenters. The fourth-order valence-corrected chi connectivity index (χ4v) is 4.71. The Bertz CT molecular complexity index is 1070. The summed E-state index contributed by atoms with van der Waals surface area (Å²) >= 11 is 0. The Labute approximate surface area is 187 Å². The number of carbonyl (C=O) groups is 1. The third-order valence-corrected chi connectivity index (χ3v) is 6.40. The molecule has 0 spiro atoms. The van der Waals surface area contributed by atoms with Crippen LogP contribution in [0.5, 0.6) is 5.75 Å². The van der Waals surface area contributed by atoms with Crippen molar-refractivity contribution in [2.24, 2.45) is 0 Å². The lowest BCUT2D eigenvalue weighted by molar-refractivity contribution is -0.131. The maximum Gasteiger partial charge on any atom is 0.227 e. The highest BCUT2D eigenvalue weighted by Crippen LogP contribution is 2.36. The van der Waals surface area contributed by atoms with E-state index < -0.39 is 0 Å². The second-order valence-corrected chi connectivity index (χ2v) is 8.40. The molecule has 2 fully saturated rings. The van der Waals surface area contributed by atoms with Gasteiger partial charge in [0.05, 0.1) is 37.2 Å². The van der Waals surface area contributed by atoms with Gasteiger partial charge < -0.3 is 14.5 Å². The van der Waals surface area contributed by atoms with E-state index in [-0.39, 0.29) is 11.9 Å². The van der Waals surface area contributed by atoms with E-state index in [1.807, 2.05) is 47.6 Å². The zero-order valence-electron chi connectivity index (χ0n) is 18.3. The van der Waals surface area contributed by atoms with Gasteiger partial charge in [-0.25, -0.2) is 9.97 Å². The molecule has 2 aromatic heterocycles. The van der Waals surface area contributed by atoms with Crippen LogP contribution in [-0.2, 0) is 11.2 Å². The van der Waals surface area contributed by atoms with Gasteiger partial charge in [0.25, 0.3) is 0 Å². The predicted molar refractivity (Wildman–Crippen MR) is 121 cm³/mol. The quantitative estimate of drug-likeness (QED) is 0.643. The van der Waals surface area contributed by atoms with Crippen molar-refractivity contribution in [3.8, 4) is 17.0 Å². The number of anilines is 1. The van der Waals surface area contributed by atoms with E-state index >= 15 is 0 Å². The molecule has 1 N–H and O–H groups in total. The first-order valence-electron chi connectivity index (χ1n) is 11.3. The number of aromatic nitrogens is 4. The number of aromatic amines is 1. The highest BCUT2D eigenvalue weighted by atomic mass is 16.5. The fraction of sp³-hybridized carbons (Fsp3) is 0.417. The Morgan fingerprint density at radius 2 is 1.94 bits per heavy atom. The highest BCUT2D eigenvalue weighted by molar-refractivity contribution is 5.80. The second-order valence-electron chi connectivity index (χ2n) is 8.40. The van der Waals surface area contributed by atoms with Crippen molar-refractivity contribution in [2.45, 2.75) is 38.1 Å². The van der Waals surface area contributed by atoms with Gasteiger partial charge in [-0.3, -0.25) is 9.89 Å². The molecule has 3 aromatic rings. The monoisotopic (exact) mass is 432 g/mol. The van der Waals surface area contributed by atoms with Crippen LogP contribution in [0.15, 0.2) is 42.7 Å². The van der Waals surface area contributed by atoms with Crippen molar-refractivity contribution in [1.82, 2.24) is 25.1 Å². The van der Waals surface area contributed by atoms with Crippen molar-refractivity contribution in [1.29, 1.82) is 0 Å². The molecule has 166 valence electrons. The fourth-order valence-electron chi connectivity index (χ4n) is 4.71. The smallest absolute Gasteiger partial charge is 0.227 e. The Morgan fingerprint density at radius 3 is 2.72 bits per heavy atom. The summed E-state index contributed by atoms with van der Waals surface area (Å²) in [6.45, 7) is 2.75. The molecule has 2 aliphatic heterocycles. The van der Waals surface area contributed by atoms with Crippen molar-refractivity contribution in [2.75, 3.05) is 31.6 Å². The van der Waals surface area contributed by atoms with Gasteiger partial charge in [0, 0.05) is 31.4 Å². The first-order valence-corrected chi connectivity index (χ1v) is 11.3. The number of H-pyrrole nitrogens is 1. The molecule has 32 heavy (non-hydrogen) atoms. The molecule has 0 radical (unpaired) electrons. The third kappa shape index (κ3) is 4.04. The lowest BCUT2D eigenvalue weighted by Crippen LogP contribution is -2.32. The normalized spacial score (nSPS) is 18.3. The van der Waals surface area contributed by atoms with Gasteiger partial charge in [-0.2, -0.15) is 5.10 Å². The first-order chi connectivity index (χ1) is 15.7. The Balaban J connectivity index is 1.36. The average Bonchev–Trinajstić information content (AvgIpc) is 3.61. The van der Waals surface area contributed by atoms with Gasteiger partial charge in [-0.1, -0.05) is 12.1 Å². The summed E-state index contributed by atoms with van der Waals surface area (Å²) in [5, 5.41) is 7.48. The van der Waals surface area contributed by atoms with Gasteiger partial charge in [0.15, 0.2) is 0 Å². The van der Waals surface area contributed by atoms with Crippen LogP contribution in [0.3, 0.4) is 0 Å². The number of benzene rings is 1. The number of methoxy groups -OCH3 is 1. The van der Waals surface area contributed by atoms with Crippen LogP contribution >= 0.6 is 0 Å². The lowest BCUT2D eigenvalue weighted by atomic mass is 10.0. The molecule has 0 unspecified atom stereocenters. The zero-order chi connectivity index (χ0) is 21.9. The number of amides is 1. The van der Waals surface area contributed by atoms with Crippen molar-refractivity contribution >= 4 is 11.9 Å². The maximum atomic E-state index is 13.2. The number of rotatable bonds is 6. The third-order valence-electron chi connectivity index (χ3n) is 6.40. The highest BCUT2D eigenvalue weighted by Gasteiger charge is 2.33. The minimum absolute atomic E-state index is 0.0246. The molecule has 8 heteroatoms. The number of hydrogen-bond donors (Lipinski definition) is 1. The minimum atomic E-state index is -0.0246. The number of nitrogens with zero attached hydrogens (tertiary/aromatic N) is 5. The number of ether oxygens (including phenoxy) is 1. The Morgan fingerprint density at radius 1 is 1.12 bits per heavy atom. The molecule has 1 aromatic carbocycles. The predicted octanol–water partition coefficient (Wildman–Crippen LogP) is 3.38. The van der Waals surface area contributed by atoms with Crippen LogP contribution in [0.4, 0.5) is 5.95 Å². The van der Waals surface area contributed by atoms with Crippen LogP contribution in [-0.4, -0.2) is 57.7 Å². The largest absolute Gasteiger partial charge is 0.497 e. The average molecular weight is 433 g/mol. The molecule has 8 nitrogen and oxygen atoms in total. The minimum Gasteiger partial charge on any atom is -0.497 e. The topological polar surface area (TPSA) is 87.2 Å².